The van der Waals surface area contributed by atoms with Crippen LogP contribution in [0.1, 0.15) is 40.5 Å². The van der Waals surface area contributed by atoms with Gasteiger partial charge in [-0.05, 0) is 13.3 Å². The molecule has 1 rings (SSSR count). The molecule has 0 amide bonds. The second kappa shape index (κ2) is 7.25. The monoisotopic (exact) mass is 228 g/mol. The van der Waals surface area contributed by atoms with E-state index in [0.29, 0.717) is 18.1 Å². The Hall–Kier alpha value is -0.120. The first-order valence-electron chi connectivity index (χ1n) is 6.72. The highest BCUT2D eigenvalue weighted by Gasteiger charge is 2.26. The molecule has 16 heavy (non-hydrogen) atoms. The topological polar surface area (TPSA) is 24.5 Å². The lowest BCUT2D eigenvalue weighted by atomic mass is 10.1. The molecule has 1 aliphatic heterocycles. The van der Waals surface area contributed by atoms with Crippen LogP contribution >= 0.6 is 0 Å². The van der Waals surface area contributed by atoms with Crippen molar-refractivity contribution < 1.29 is 4.74 Å². The summed E-state index contributed by atoms with van der Waals surface area (Å²) in [5.74, 6) is 0. The zero-order valence-corrected chi connectivity index (χ0v) is 11.3. The molecule has 1 saturated heterocycles. The SMILES string of the molecule is CCCC(C)N1CCOCC1CNC(C)C. The second-order valence-electron chi connectivity index (χ2n) is 5.17. The van der Waals surface area contributed by atoms with Crippen molar-refractivity contribution in [1.29, 1.82) is 0 Å². The summed E-state index contributed by atoms with van der Waals surface area (Å²) in [5.41, 5.74) is 0. The van der Waals surface area contributed by atoms with Crippen LogP contribution in [0.5, 0.6) is 0 Å². The average Bonchev–Trinajstić information content (AvgIpc) is 2.27. The van der Waals surface area contributed by atoms with E-state index < -0.39 is 0 Å². The standard InChI is InChI=1S/C13H28N2O/c1-5-6-12(4)15-7-8-16-10-13(15)9-14-11(2)3/h11-14H,5-10H2,1-4H3. The molecule has 2 unspecified atom stereocenters. The summed E-state index contributed by atoms with van der Waals surface area (Å²) < 4.78 is 5.59. The summed E-state index contributed by atoms with van der Waals surface area (Å²) in [7, 11) is 0. The molecule has 0 aromatic rings. The van der Waals surface area contributed by atoms with Gasteiger partial charge in [0.15, 0.2) is 0 Å². The van der Waals surface area contributed by atoms with Gasteiger partial charge in [-0.25, -0.2) is 0 Å². The van der Waals surface area contributed by atoms with Crippen LogP contribution in [-0.2, 0) is 4.74 Å². The minimum absolute atomic E-state index is 0.553. The summed E-state index contributed by atoms with van der Waals surface area (Å²) in [5, 5.41) is 3.52. The van der Waals surface area contributed by atoms with Crippen LogP contribution in [0.25, 0.3) is 0 Å². The van der Waals surface area contributed by atoms with E-state index in [1.165, 1.54) is 12.8 Å². The Kier molecular flexibility index (Phi) is 6.32. The Bertz CT molecular complexity index is 185. The Morgan fingerprint density at radius 1 is 1.38 bits per heavy atom. The second-order valence-corrected chi connectivity index (χ2v) is 5.17. The lowest BCUT2D eigenvalue weighted by Gasteiger charge is -2.40. The van der Waals surface area contributed by atoms with E-state index in [1.54, 1.807) is 0 Å². The van der Waals surface area contributed by atoms with Crippen molar-refractivity contribution in [3.8, 4) is 0 Å². The molecule has 1 aliphatic rings. The molecule has 2 atom stereocenters. The van der Waals surface area contributed by atoms with Crippen molar-refractivity contribution in [3.63, 3.8) is 0 Å². The minimum atomic E-state index is 0.553. The number of nitrogens with one attached hydrogen (secondary N) is 1. The third-order valence-electron chi connectivity index (χ3n) is 3.31. The van der Waals surface area contributed by atoms with Crippen LogP contribution in [0.4, 0.5) is 0 Å². The number of morpholine rings is 1. The van der Waals surface area contributed by atoms with Gasteiger partial charge in [-0.3, -0.25) is 4.90 Å². The fraction of sp³-hybridized carbons (Fsp3) is 1.00. The fourth-order valence-electron chi connectivity index (χ4n) is 2.38. The maximum Gasteiger partial charge on any atom is 0.0634 e. The summed E-state index contributed by atoms with van der Waals surface area (Å²) in [4.78, 5) is 2.61. The van der Waals surface area contributed by atoms with Crippen LogP contribution in [0.3, 0.4) is 0 Å². The van der Waals surface area contributed by atoms with Crippen LogP contribution in [0.15, 0.2) is 0 Å². The Morgan fingerprint density at radius 2 is 2.12 bits per heavy atom. The van der Waals surface area contributed by atoms with Gasteiger partial charge in [-0.15, -0.1) is 0 Å². The van der Waals surface area contributed by atoms with Gasteiger partial charge in [0.05, 0.1) is 13.2 Å². The molecule has 0 aromatic carbocycles. The highest BCUT2D eigenvalue weighted by atomic mass is 16.5. The van der Waals surface area contributed by atoms with Crippen LogP contribution < -0.4 is 5.32 Å². The third-order valence-corrected chi connectivity index (χ3v) is 3.31. The molecule has 0 saturated carbocycles. The van der Waals surface area contributed by atoms with Gasteiger partial charge in [-0.1, -0.05) is 27.2 Å². The van der Waals surface area contributed by atoms with Gasteiger partial charge < -0.3 is 10.1 Å². The first-order valence-corrected chi connectivity index (χ1v) is 6.72. The molecule has 0 radical (unpaired) electrons. The third kappa shape index (κ3) is 4.40. The number of hydrogen-bond donors (Lipinski definition) is 1. The average molecular weight is 228 g/mol. The molecule has 0 aromatic heterocycles. The summed E-state index contributed by atoms with van der Waals surface area (Å²) in [6, 6.07) is 1.80. The van der Waals surface area contributed by atoms with E-state index in [-0.39, 0.29) is 0 Å². The maximum atomic E-state index is 5.59. The summed E-state index contributed by atoms with van der Waals surface area (Å²) in [6.45, 7) is 12.9. The van der Waals surface area contributed by atoms with E-state index in [4.69, 9.17) is 4.74 Å². The van der Waals surface area contributed by atoms with Crippen LogP contribution in [-0.4, -0.2) is 49.3 Å². The number of nitrogens with zero attached hydrogens (tertiary/aromatic N) is 1. The molecular weight excluding hydrogens is 200 g/mol. The zero-order valence-electron chi connectivity index (χ0n) is 11.3. The normalized spacial score (nSPS) is 24.9. The van der Waals surface area contributed by atoms with Gasteiger partial charge in [0.1, 0.15) is 0 Å². The van der Waals surface area contributed by atoms with E-state index in [9.17, 15) is 0 Å². The minimum Gasteiger partial charge on any atom is -0.378 e. The molecule has 0 aliphatic carbocycles. The van der Waals surface area contributed by atoms with Gasteiger partial charge in [0.2, 0.25) is 0 Å². The van der Waals surface area contributed by atoms with Gasteiger partial charge >= 0.3 is 0 Å². The molecule has 96 valence electrons. The van der Waals surface area contributed by atoms with Crippen LogP contribution in [0, 0.1) is 0 Å². The number of rotatable bonds is 6. The Balaban J connectivity index is 2.43. The van der Waals surface area contributed by atoms with E-state index in [1.807, 2.05) is 0 Å². The fourth-order valence-corrected chi connectivity index (χ4v) is 2.38. The summed E-state index contributed by atoms with van der Waals surface area (Å²) in [6.07, 6.45) is 2.56. The van der Waals surface area contributed by atoms with Gasteiger partial charge in [-0.2, -0.15) is 0 Å². The van der Waals surface area contributed by atoms with Crippen molar-refractivity contribution in [2.45, 2.75) is 58.7 Å². The molecule has 3 nitrogen and oxygen atoms in total. The van der Waals surface area contributed by atoms with E-state index in [0.717, 1.165) is 26.3 Å². The first kappa shape index (κ1) is 13.9. The molecule has 1 fully saturated rings. The lowest BCUT2D eigenvalue weighted by molar-refractivity contribution is -0.0267. The van der Waals surface area contributed by atoms with Crippen molar-refractivity contribution in [1.82, 2.24) is 10.2 Å². The zero-order chi connectivity index (χ0) is 12.0. The van der Waals surface area contributed by atoms with E-state index >= 15 is 0 Å². The van der Waals surface area contributed by atoms with E-state index in [2.05, 4.69) is 37.9 Å². The quantitative estimate of drug-likeness (QED) is 0.751. The van der Waals surface area contributed by atoms with Crippen molar-refractivity contribution >= 4 is 0 Å². The highest BCUT2D eigenvalue weighted by Crippen LogP contribution is 2.14. The van der Waals surface area contributed by atoms with Crippen molar-refractivity contribution in [3.05, 3.63) is 0 Å². The Morgan fingerprint density at radius 3 is 2.75 bits per heavy atom. The van der Waals surface area contributed by atoms with Gasteiger partial charge in [0, 0.05) is 31.2 Å². The maximum absolute atomic E-state index is 5.59. The summed E-state index contributed by atoms with van der Waals surface area (Å²) >= 11 is 0. The Labute approximate surface area is 101 Å². The predicted octanol–water partition coefficient (Wildman–Crippen LogP) is 1.87. The number of hydrogen-bond acceptors (Lipinski definition) is 3. The molecule has 0 bridgehead atoms. The van der Waals surface area contributed by atoms with Crippen molar-refractivity contribution in [2.75, 3.05) is 26.3 Å². The molecule has 1 heterocycles. The molecule has 3 heteroatoms. The smallest absolute Gasteiger partial charge is 0.0634 e. The van der Waals surface area contributed by atoms with Gasteiger partial charge in [0.25, 0.3) is 0 Å². The first-order chi connectivity index (χ1) is 7.65. The van der Waals surface area contributed by atoms with Crippen LogP contribution in [0.2, 0.25) is 0 Å². The molecular formula is C13H28N2O. The largest absolute Gasteiger partial charge is 0.378 e. The van der Waals surface area contributed by atoms with Crippen molar-refractivity contribution in [2.24, 2.45) is 0 Å². The predicted molar refractivity (Wildman–Crippen MR) is 68.8 cm³/mol. The number of ether oxygens (including phenoxy) is 1. The molecule has 1 N–H and O–H groups in total. The highest BCUT2D eigenvalue weighted by molar-refractivity contribution is 4.81. The lowest BCUT2D eigenvalue weighted by Crippen LogP contribution is -2.54. The molecule has 0 spiro atoms.